The SMILES string of the molecule is Cl.NC1C2CCCC1CC(C(=O)NCCNC(=O)c1c(F)cccc1F)C2. The Bertz CT molecular complexity index is 655. The van der Waals surface area contributed by atoms with E-state index in [1.807, 2.05) is 0 Å². The van der Waals surface area contributed by atoms with E-state index in [2.05, 4.69) is 10.6 Å². The second-order valence-electron chi connectivity index (χ2n) is 7.34. The van der Waals surface area contributed by atoms with Gasteiger partial charge in [-0.15, -0.1) is 12.4 Å². The average Bonchev–Trinajstić information content (AvgIpc) is 2.58. The molecule has 0 saturated heterocycles. The van der Waals surface area contributed by atoms with E-state index in [-0.39, 0.29) is 43.4 Å². The number of rotatable bonds is 5. The van der Waals surface area contributed by atoms with Crippen LogP contribution >= 0.6 is 12.4 Å². The van der Waals surface area contributed by atoms with Gasteiger partial charge in [0.05, 0.1) is 0 Å². The molecule has 150 valence electrons. The Balaban J connectivity index is 0.00000261. The van der Waals surface area contributed by atoms with E-state index >= 15 is 0 Å². The molecule has 4 N–H and O–H groups in total. The summed E-state index contributed by atoms with van der Waals surface area (Å²) in [4.78, 5) is 24.3. The van der Waals surface area contributed by atoms with Crippen LogP contribution in [0.25, 0.3) is 0 Å². The van der Waals surface area contributed by atoms with Crippen molar-refractivity contribution in [2.24, 2.45) is 23.5 Å². The molecule has 0 aromatic heterocycles. The Morgan fingerprint density at radius 1 is 1.04 bits per heavy atom. The van der Waals surface area contributed by atoms with Crippen molar-refractivity contribution in [3.05, 3.63) is 35.4 Å². The monoisotopic (exact) mass is 401 g/mol. The number of hydrogen-bond acceptors (Lipinski definition) is 3. The predicted octanol–water partition coefficient (Wildman–Crippen LogP) is 2.39. The van der Waals surface area contributed by atoms with Gasteiger partial charge in [-0.25, -0.2) is 8.78 Å². The first kappa shape index (κ1) is 21.6. The Kier molecular flexibility index (Phi) is 7.56. The zero-order valence-corrected chi connectivity index (χ0v) is 15.9. The highest BCUT2D eigenvalue weighted by Gasteiger charge is 2.40. The number of hydrogen-bond donors (Lipinski definition) is 3. The first-order valence-electron chi connectivity index (χ1n) is 9.23. The average molecular weight is 402 g/mol. The minimum atomic E-state index is -0.906. The van der Waals surface area contributed by atoms with Gasteiger partial charge in [0.1, 0.15) is 17.2 Å². The van der Waals surface area contributed by atoms with Crippen LogP contribution in [0.4, 0.5) is 8.78 Å². The van der Waals surface area contributed by atoms with Crippen LogP contribution in [0, 0.1) is 29.4 Å². The number of benzene rings is 1. The number of halogens is 3. The fourth-order valence-corrected chi connectivity index (χ4v) is 4.31. The second-order valence-corrected chi connectivity index (χ2v) is 7.34. The second kappa shape index (κ2) is 9.46. The van der Waals surface area contributed by atoms with Gasteiger partial charge in [-0.3, -0.25) is 9.59 Å². The maximum atomic E-state index is 13.5. The Labute approximate surface area is 163 Å². The first-order valence-corrected chi connectivity index (χ1v) is 9.23. The molecule has 0 aliphatic heterocycles. The Morgan fingerprint density at radius 2 is 1.59 bits per heavy atom. The molecule has 2 unspecified atom stereocenters. The Hall–Kier alpha value is -1.73. The molecule has 0 spiro atoms. The van der Waals surface area contributed by atoms with Crippen molar-refractivity contribution in [1.82, 2.24) is 10.6 Å². The van der Waals surface area contributed by atoms with Crippen molar-refractivity contribution in [1.29, 1.82) is 0 Å². The van der Waals surface area contributed by atoms with Crippen molar-refractivity contribution in [2.45, 2.75) is 38.1 Å². The number of nitrogens with one attached hydrogen (secondary N) is 2. The third-order valence-electron chi connectivity index (χ3n) is 5.68. The van der Waals surface area contributed by atoms with Gasteiger partial charge in [0.15, 0.2) is 0 Å². The maximum absolute atomic E-state index is 13.5. The molecule has 2 fully saturated rings. The standard InChI is InChI=1S/C19H25F2N3O2.ClH/c20-14-5-2-6-15(21)16(14)19(26)24-8-7-23-18(25)13-9-11-3-1-4-12(10-13)17(11)22;/h2,5-6,11-13,17H,1,3-4,7-10,22H2,(H,23,25)(H,24,26);1H. The minimum Gasteiger partial charge on any atom is -0.354 e. The lowest BCUT2D eigenvalue weighted by atomic mass is 9.65. The third kappa shape index (κ3) is 4.96. The van der Waals surface area contributed by atoms with Crippen molar-refractivity contribution in [2.75, 3.05) is 13.1 Å². The summed E-state index contributed by atoms with van der Waals surface area (Å²) >= 11 is 0. The first-order chi connectivity index (χ1) is 12.5. The van der Waals surface area contributed by atoms with Crippen LogP contribution < -0.4 is 16.4 Å². The lowest BCUT2D eigenvalue weighted by molar-refractivity contribution is -0.127. The maximum Gasteiger partial charge on any atom is 0.257 e. The molecule has 1 aromatic carbocycles. The van der Waals surface area contributed by atoms with Gasteiger partial charge >= 0.3 is 0 Å². The van der Waals surface area contributed by atoms with Crippen LogP contribution in [0.15, 0.2) is 18.2 Å². The van der Waals surface area contributed by atoms with Crippen LogP contribution in [0.1, 0.15) is 42.5 Å². The summed E-state index contributed by atoms with van der Waals surface area (Å²) in [5.74, 6) is -1.87. The van der Waals surface area contributed by atoms with Crippen LogP contribution in [0.3, 0.4) is 0 Å². The van der Waals surface area contributed by atoms with E-state index in [4.69, 9.17) is 5.73 Å². The summed E-state index contributed by atoms with van der Waals surface area (Å²) in [5, 5.41) is 5.24. The van der Waals surface area contributed by atoms with Crippen molar-refractivity contribution >= 4 is 24.2 Å². The molecule has 5 nitrogen and oxygen atoms in total. The van der Waals surface area contributed by atoms with Crippen LogP contribution in [-0.4, -0.2) is 30.9 Å². The molecule has 2 atom stereocenters. The molecule has 0 radical (unpaired) electrons. The van der Waals surface area contributed by atoms with E-state index in [1.54, 1.807) is 0 Å². The lowest BCUT2D eigenvalue weighted by Gasteiger charge is -2.43. The molecule has 2 aliphatic carbocycles. The van der Waals surface area contributed by atoms with Gasteiger partial charge in [-0.1, -0.05) is 12.5 Å². The van der Waals surface area contributed by atoms with E-state index in [9.17, 15) is 18.4 Å². The highest BCUT2D eigenvalue weighted by atomic mass is 35.5. The molecular weight excluding hydrogens is 376 g/mol. The highest BCUT2D eigenvalue weighted by Crippen LogP contribution is 2.41. The predicted molar refractivity (Wildman–Crippen MR) is 100 cm³/mol. The van der Waals surface area contributed by atoms with E-state index in [0.717, 1.165) is 37.8 Å². The zero-order chi connectivity index (χ0) is 18.7. The van der Waals surface area contributed by atoms with E-state index in [1.165, 1.54) is 12.5 Å². The number of carbonyl (C=O) groups excluding carboxylic acids is 2. The van der Waals surface area contributed by atoms with Gasteiger partial charge in [0, 0.05) is 25.0 Å². The smallest absolute Gasteiger partial charge is 0.257 e. The molecule has 2 bridgehead atoms. The summed E-state index contributed by atoms with van der Waals surface area (Å²) in [6, 6.07) is 3.48. The highest BCUT2D eigenvalue weighted by molar-refractivity contribution is 5.94. The van der Waals surface area contributed by atoms with Gasteiger partial charge in [-0.2, -0.15) is 0 Å². The van der Waals surface area contributed by atoms with Crippen molar-refractivity contribution in [3.8, 4) is 0 Å². The van der Waals surface area contributed by atoms with Crippen LogP contribution in [-0.2, 0) is 4.79 Å². The molecule has 8 heteroatoms. The summed E-state index contributed by atoms with van der Waals surface area (Å²) in [7, 11) is 0. The summed E-state index contributed by atoms with van der Waals surface area (Å²) < 4.78 is 27.1. The largest absolute Gasteiger partial charge is 0.354 e. The fourth-order valence-electron chi connectivity index (χ4n) is 4.31. The summed E-state index contributed by atoms with van der Waals surface area (Å²) in [6.07, 6.45) is 5.00. The van der Waals surface area contributed by atoms with Gasteiger partial charge in [-0.05, 0) is 49.7 Å². The number of fused-ring (bicyclic) bond motifs is 2. The summed E-state index contributed by atoms with van der Waals surface area (Å²) in [6.45, 7) is 0.329. The van der Waals surface area contributed by atoms with E-state index in [0.29, 0.717) is 11.8 Å². The summed E-state index contributed by atoms with van der Waals surface area (Å²) in [5.41, 5.74) is 5.64. The molecule has 2 amide bonds. The molecule has 2 aliphatic rings. The topological polar surface area (TPSA) is 84.2 Å². The number of nitrogens with two attached hydrogens (primary N) is 1. The molecule has 0 heterocycles. The van der Waals surface area contributed by atoms with Crippen molar-refractivity contribution in [3.63, 3.8) is 0 Å². The molecule has 1 aromatic rings. The van der Waals surface area contributed by atoms with Crippen LogP contribution in [0.5, 0.6) is 0 Å². The number of amides is 2. The quantitative estimate of drug-likeness (QED) is 0.662. The number of carbonyl (C=O) groups is 2. The molecule has 27 heavy (non-hydrogen) atoms. The minimum absolute atomic E-state index is 0. The molecule has 2 saturated carbocycles. The van der Waals surface area contributed by atoms with Gasteiger partial charge in [0.2, 0.25) is 5.91 Å². The van der Waals surface area contributed by atoms with Crippen molar-refractivity contribution < 1.29 is 18.4 Å². The molecular formula is C19H26ClF2N3O2. The Morgan fingerprint density at radius 3 is 2.19 bits per heavy atom. The fraction of sp³-hybridized carbons (Fsp3) is 0.579. The van der Waals surface area contributed by atoms with Gasteiger partial charge < -0.3 is 16.4 Å². The van der Waals surface area contributed by atoms with Gasteiger partial charge in [0.25, 0.3) is 5.91 Å². The zero-order valence-electron chi connectivity index (χ0n) is 15.0. The normalized spacial score (nSPS) is 26.6. The molecule has 3 rings (SSSR count). The lowest BCUT2D eigenvalue weighted by Crippen LogP contribution is -2.49. The van der Waals surface area contributed by atoms with Crippen LogP contribution in [0.2, 0.25) is 0 Å². The van der Waals surface area contributed by atoms with E-state index < -0.39 is 23.1 Å². The third-order valence-corrected chi connectivity index (χ3v) is 5.68.